The summed E-state index contributed by atoms with van der Waals surface area (Å²) < 4.78 is 0. The fourth-order valence-corrected chi connectivity index (χ4v) is 6.40. The average molecular weight is 372 g/mol. The number of amides is 1. The molecule has 0 saturated heterocycles. The van der Waals surface area contributed by atoms with Gasteiger partial charge in [0.2, 0.25) is 5.91 Å². The molecular formula is C24H25NOSi. The number of rotatable bonds is 2. The second-order valence-electron chi connectivity index (χ2n) is 8.25. The molecule has 3 aromatic rings. The summed E-state index contributed by atoms with van der Waals surface area (Å²) in [6.07, 6.45) is 0. The Morgan fingerprint density at radius 1 is 0.815 bits per heavy atom. The first-order valence-electron chi connectivity index (χ1n) is 9.47. The van der Waals surface area contributed by atoms with Crippen LogP contribution in [0, 0.1) is 0 Å². The minimum Gasteiger partial charge on any atom is -0.308 e. The molecule has 0 N–H and O–H groups in total. The summed E-state index contributed by atoms with van der Waals surface area (Å²) in [5.41, 5.74) is 7.35. The number of carbonyl (C=O) groups is 1. The standard InChI is InChI=1S/C24H25NOSi/c1-17(26)25-16-22-20(21-12-8-9-13-23(21)25)15-14-19(24(22)27(2,3)4)18-10-6-5-7-11-18/h5-15H,16H2,1-4H3. The summed E-state index contributed by atoms with van der Waals surface area (Å²) in [5.74, 6) is 0.0970. The molecule has 0 unspecified atom stereocenters. The van der Waals surface area contributed by atoms with Crippen molar-refractivity contribution in [2.24, 2.45) is 0 Å². The molecule has 1 aliphatic heterocycles. The van der Waals surface area contributed by atoms with Crippen molar-refractivity contribution in [3.05, 3.63) is 72.3 Å². The number of fused-ring (bicyclic) bond motifs is 3. The first-order chi connectivity index (χ1) is 12.9. The fourth-order valence-electron chi connectivity index (χ4n) is 4.24. The Morgan fingerprint density at radius 3 is 2.11 bits per heavy atom. The lowest BCUT2D eigenvalue weighted by Gasteiger charge is -2.35. The van der Waals surface area contributed by atoms with Gasteiger partial charge in [-0.1, -0.05) is 80.3 Å². The molecule has 3 heteroatoms. The van der Waals surface area contributed by atoms with Crippen molar-refractivity contribution < 1.29 is 4.79 Å². The average Bonchev–Trinajstić information content (AvgIpc) is 2.66. The molecule has 1 aliphatic rings. The molecule has 136 valence electrons. The van der Waals surface area contributed by atoms with Crippen molar-refractivity contribution in [1.29, 1.82) is 0 Å². The lowest BCUT2D eigenvalue weighted by Crippen LogP contribution is -2.45. The van der Waals surface area contributed by atoms with E-state index < -0.39 is 8.07 Å². The van der Waals surface area contributed by atoms with Crippen LogP contribution in [0.4, 0.5) is 5.69 Å². The molecule has 0 radical (unpaired) electrons. The molecule has 0 aromatic heterocycles. The minimum atomic E-state index is -1.66. The maximum absolute atomic E-state index is 12.4. The summed E-state index contributed by atoms with van der Waals surface area (Å²) in [6.45, 7) is 9.51. The molecule has 3 aromatic carbocycles. The van der Waals surface area contributed by atoms with Gasteiger partial charge in [-0.3, -0.25) is 4.79 Å². The zero-order chi connectivity index (χ0) is 19.2. The Morgan fingerprint density at radius 2 is 1.44 bits per heavy atom. The van der Waals surface area contributed by atoms with Crippen molar-refractivity contribution >= 4 is 24.9 Å². The van der Waals surface area contributed by atoms with Crippen LogP contribution in [-0.4, -0.2) is 14.0 Å². The number of para-hydroxylation sites is 1. The third-order valence-electron chi connectivity index (χ3n) is 5.33. The SMILES string of the molecule is CC(=O)N1Cc2c(ccc(-c3ccccc3)c2[Si](C)(C)C)-c2ccccc21. The van der Waals surface area contributed by atoms with Crippen LogP contribution < -0.4 is 10.1 Å². The Kier molecular flexibility index (Phi) is 4.27. The molecule has 0 saturated carbocycles. The Hall–Kier alpha value is -2.65. The number of nitrogens with zero attached hydrogens (tertiary/aromatic N) is 1. The Labute approximate surface area is 162 Å². The van der Waals surface area contributed by atoms with E-state index in [2.05, 4.69) is 80.3 Å². The highest BCUT2D eigenvalue weighted by Gasteiger charge is 2.32. The second kappa shape index (κ2) is 6.50. The molecular weight excluding hydrogens is 346 g/mol. The molecule has 1 amide bonds. The summed E-state index contributed by atoms with van der Waals surface area (Å²) in [4.78, 5) is 14.4. The van der Waals surface area contributed by atoms with E-state index in [1.165, 1.54) is 27.4 Å². The zero-order valence-electron chi connectivity index (χ0n) is 16.4. The molecule has 1 heterocycles. The Balaban J connectivity index is 2.04. The molecule has 4 rings (SSSR count). The van der Waals surface area contributed by atoms with Gasteiger partial charge in [-0.05, 0) is 33.5 Å². The summed E-state index contributed by atoms with van der Waals surface area (Å²) in [6, 6.07) is 23.4. The van der Waals surface area contributed by atoms with E-state index in [1.807, 2.05) is 11.0 Å². The van der Waals surface area contributed by atoms with Gasteiger partial charge in [0.25, 0.3) is 0 Å². The zero-order valence-corrected chi connectivity index (χ0v) is 17.4. The molecule has 2 nitrogen and oxygen atoms in total. The number of anilines is 1. The van der Waals surface area contributed by atoms with Gasteiger partial charge in [-0.15, -0.1) is 0 Å². The second-order valence-corrected chi connectivity index (χ2v) is 13.3. The lowest BCUT2D eigenvalue weighted by molar-refractivity contribution is -0.116. The van der Waals surface area contributed by atoms with Crippen LogP contribution in [0.2, 0.25) is 19.6 Å². The maximum atomic E-state index is 12.4. The highest BCUT2D eigenvalue weighted by atomic mass is 28.3. The topological polar surface area (TPSA) is 20.3 Å². The van der Waals surface area contributed by atoms with Gasteiger partial charge in [0.05, 0.1) is 20.3 Å². The van der Waals surface area contributed by atoms with Crippen LogP contribution in [0.25, 0.3) is 22.3 Å². The number of hydrogen-bond acceptors (Lipinski definition) is 1. The quantitative estimate of drug-likeness (QED) is 0.550. The summed E-state index contributed by atoms with van der Waals surface area (Å²) >= 11 is 0. The third-order valence-corrected chi connectivity index (χ3v) is 7.40. The first-order valence-corrected chi connectivity index (χ1v) is 13.0. The molecule has 0 atom stereocenters. The van der Waals surface area contributed by atoms with Gasteiger partial charge < -0.3 is 4.90 Å². The third kappa shape index (κ3) is 3.02. The fraction of sp³-hybridized carbons (Fsp3) is 0.208. The Bertz CT molecular complexity index is 1020. The van der Waals surface area contributed by atoms with Crippen LogP contribution >= 0.6 is 0 Å². The van der Waals surface area contributed by atoms with Gasteiger partial charge in [-0.25, -0.2) is 0 Å². The van der Waals surface area contributed by atoms with Crippen LogP contribution in [0.5, 0.6) is 0 Å². The van der Waals surface area contributed by atoms with Gasteiger partial charge >= 0.3 is 0 Å². The van der Waals surface area contributed by atoms with Gasteiger partial charge in [-0.2, -0.15) is 0 Å². The van der Waals surface area contributed by atoms with E-state index in [4.69, 9.17) is 0 Å². The molecule has 0 aliphatic carbocycles. The highest BCUT2D eigenvalue weighted by Crippen LogP contribution is 2.40. The van der Waals surface area contributed by atoms with E-state index in [-0.39, 0.29) is 5.91 Å². The van der Waals surface area contributed by atoms with Crippen molar-refractivity contribution in [3.63, 3.8) is 0 Å². The molecule has 0 spiro atoms. The van der Waals surface area contributed by atoms with Gasteiger partial charge in [0.1, 0.15) is 0 Å². The highest BCUT2D eigenvalue weighted by molar-refractivity contribution is 6.90. The largest absolute Gasteiger partial charge is 0.308 e. The van der Waals surface area contributed by atoms with Crippen LogP contribution in [0.15, 0.2) is 66.7 Å². The van der Waals surface area contributed by atoms with E-state index >= 15 is 0 Å². The monoisotopic (exact) mass is 371 g/mol. The minimum absolute atomic E-state index is 0.0970. The molecule has 27 heavy (non-hydrogen) atoms. The maximum Gasteiger partial charge on any atom is 0.224 e. The first kappa shape index (κ1) is 17.7. The summed E-state index contributed by atoms with van der Waals surface area (Å²) in [7, 11) is -1.66. The molecule has 0 fully saturated rings. The lowest BCUT2D eigenvalue weighted by atomic mass is 9.90. The van der Waals surface area contributed by atoms with Crippen molar-refractivity contribution in [2.75, 3.05) is 4.90 Å². The van der Waals surface area contributed by atoms with Crippen molar-refractivity contribution in [3.8, 4) is 22.3 Å². The van der Waals surface area contributed by atoms with Crippen molar-refractivity contribution in [2.45, 2.75) is 33.1 Å². The predicted octanol–water partition coefficient (Wildman–Crippen LogP) is 5.43. The van der Waals surface area contributed by atoms with Crippen LogP contribution in [0.1, 0.15) is 12.5 Å². The van der Waals surface area contributed by atoms with Crippen molar-refractivity contribution in [1.82, 2.24) is 0 Å². The van der Waals surface area contributed by atoms with Gasteiger partial charge in [0, 0.05) is 12.5 Å². The normalized spacial score (nSPS) is 13.1. The molecule has 0 bridgehead atoms. The van der Waals surface area contributed by atoms with Crippen LogP contribution in [-0.2, 0) is 11.3 Å². The van der Waals surface area contributed by atoms with Gasteiger partial charge in [0.15, 0.2) is 0 Å². The number of carbonyl (C=O) groups excluding carboxylic acids is 1. The smallest absolute Gasteiger partial charge is 0.224 e. The van der Waals surface area contributed by atoms with Crippen LogP contribution in [0.3, 0.4) is 0 Å². The predicted molar refractivity (Wildman–Crippen MR) is 117 cm³/mol. The van der Waals surface area contributed by atoms with E-state index in [1.54, 1.807) is 6.92 Å². The number of benzene rings is 3. The van der Waals surface area contributed by atoms with E-state index in [0.29, 0.717) is 6.54 Å². The number of hydrogen-bond donors (Lipinski definition) is 0. The van der Waals surface area contributed by atoms with E-state index in [0.717, 1.165) is 11.3 Å². The van der Waals surface area contributed by atoms with E-state index in [9.17, 15) is 4.79 Å². The summed E-state index contributed by atoms with van der Waals surface area (Å²) in [5, 5.41) is 1.46.